The molecule has 17 heavy (non-hydrogen) atoms. The van der Waals surface area contributed by atoms with Gasteiger partial charge in [-0.3, -0.25) is 4.98 Å². The molecule has 0 aliphatic carbocycles. The number of aryl methyl sites for hydroxylation is 1. The van der Waals surface area contributed by atoms with E-state index in [2.05, 4.69) is 4.98 Å². The Bertz CT molecular complexity index is 385. The molecule has 4 atom stereocenters. The highest BCUT2D eigenvalue weighted by molar-refractivity contribution is 5.16. The van der Waals surface area contributed by atoms with Gasteiger partial charge in [0.05, 0.1) is 12.3 Å². The molecule has 0 bridgehead atoms. The summed E-state index contributed by atoms with van der Waals surface area (Å²) in [6.45, 7) is 1.67. The van der Waals surface area contributed by atoms with Crippen LogP contribution in [0.15, 0.2) is 18.2 Å². The molecule has 0 unspecified atom stereocenters. The van der Waals surface area contributed by atoms with Crippen LogP contribution in [0.1, 0.15) is 24.4 Å². The highest BCUT2D eigenvalue weighted by Crippen LogP contribution is 2.32. The number of ether oxygens (including phenoxy) is 1. The molecule has 0 amide bonds. The van der Waals surface area contributed by atoms with E-state index >= 15 is 0 Å². The standard InChI is InChI=1S/C12H17NO4/c1-2-7-4-3-5-8(13-7)12-11(16)10(15)9(6-14)17-12/h3-5,9-12,14-16H,2,6H2,1H3/t9-,10-,11-,12+/m1/s1. The van der Waals surface area contributed by atoms with Gasteiger partial charge < -0.3 is 20.1 Å². The van der Waals surface area contributed by atoms with Crippen molar-refractivity contribution in [2.75, 3.05) is 6.61 Å². The van der Waals surface area contributed by atoms with E-state index in [1.807, 2.05) is 19.1 Å². The van der Waals surface area contributed by atoms with Gasteiger partial charge in [-0.1, -0.05) is 13.0 Å². The number of hydrogen-bond donors (Lipinski definition) is 3. The third-order valence-electron chi connectivity index (χ3n) is 3.02. The largest absolute Gasteiger partial charge is 0.394 e. The van der Waals surface area contributed by atoms with Crippen molar-refractivity contribution in [2.24, 2.45) is 0 Å². The zero-order valence-corrected chi connectivity index (χ0v) is 9.65. The monoisotopic (exact) mass is 239 g/mol. The maximum absolute atomic E-state index is 9.85. The summed E-state index contributed by atoms with van der Waals surface area (Å²) in [7, 11) is 0. The Morgan fingerprint density at radius 2 is 2.06 bits per heavy atom. The summed E-state index contributed by atoms with van der Waals surface area (Å²) in [5, 5.41) is 28.5. The summed E-state index contributed by atoms with van der Waals surface area (Å²) in [5.74, 6) is 0. The van der Waals surface area contributed by atoms with Gasteiger partial charge in [-0.15, -0.1) is 0 Å². The molecule has 1 aliphatic rings. The number of aliphatic hydroxyl groups excluding tert-OH is 3. The van der Waals surface area contributed by atoms with E-state index in [-0.39, 0.29) is 6.61 Å². The number of hydrogen-bond acceptors (Lipinski definition) is 5. The molecule has 0 aromatic carbocycles. The summed E-state index contributed by atoms with van der Waals surface area (Å²) in [6, 6.07) is 5.49. The smallest absolute Gasteiger partial charge is 0.128 e. The molecule has 1 fully saturated rings. The lowest BCUT2D eigenvalue weighted by Crippen LogP contribution is -2.32. The van der Waals surface area contributed by atoms with Crippen LogP contribution in [0, 0.1) is 0 Å². The molecule has 0 spiro atoms. The number of rotatable bonds is 3. The molecule has 5 nitrogen and oxygen atoms in total. The molecule has 0 saturated carbocycles. The third kappa shape index (κ3) is 2.32. The number of aliphatic hydroxyl groups is 3. The summed E-state index contributed by atoms with van der Waals surface area (Å²) in [5.41, 5.74) is 1.49. The Labute approximate surface area is 99.7 Å². The fraction of sp³-hybridized carbons (Fsp3) is 0.583. The molecular weight excluding hydrogens is 222 g/mol. The number of nitrogens with zero attached hydrogens (tertiary/aromatic N) is 1. The molecule has 0 radical (unpaired) electrons. The Hall–Kier alpha value is -1.01. The summed E-state index contributed by atoms with van der Waals surface area (Å²) in [6.07, 6.45) is -2.75. The van der Waals surface area contributed by atoms with Gasteiger partial charge in [0.15, 0.2) is 0 Å². The molecule has 1 aliphatic heterocycles. The van der Waals surface area contributed by atoms with Gasteiger partial charge in [0, 0.05) is 5.69 Å². The Balaban J connectivity index is 2.22. The minimum absolute atomic E-state index is 0.317. The molecule has 1 aromatic heterocycles. The predicted molar refractivity (Wildman–Crippen MR) is 60.3 cm³/mol. The van der Waals surface area contributed by atoms with Gasteiger partial charge in [0.1, 0.15) is 24.4 Å². The van der Waals surface area contributed by atoms with Crippen LogP contribution < -0.4 is 0 Å². The predicted octanol–water partition coefficient (Wildman–Crippen LogP) is -0.202. The highest BCUT2D eigenvalue weighted by atomic mass is 16.6. The van der Waals surface area contributed by atoms with Crippen LogP contribution in [-0.4, -0.2) is 45.2 Å². The number of aromatic nitrogens is 1. The molecule has 2 heterocycles. The second-order valence-electron chi connectivity index (χ2n) is 4.17. The first-order chi connectivity index (χ1) is 8.17. The van der Waals surface area contributed by atoms with Crippen molar-refractivity contribution in [3.63, 3.8) is 0 Å². The zero-order chi connectivity index (χ0) is 12.4. The molecule has 5 heteroatoms. The van der Waals surface area contributed by atoms with Crippen molar-refractivity contribution in [3.8, 4) is 0 Å². The first-order valence-electron chi connectivity index (χ1n) is 5.75. The van der Waals surface area contributed by atoms with E-state index in [1.165, 1.54) is 0 Å². The molecule has 3 N–H and O–H groups in total. The topological polar surface area (TPSA) is 82.8 Å². The van der Waals surface area contributed by atoms with Crippen LogP contribution >= 0.6 is 0 Å². The van der Waals surface area contributed by atoms with Crippen molar-refractivity contribution in [1.82, 2.24) is 4.98 Å². The maximum Gasteiger partial charge on any atom is 0.128 e. The zero-order valence-electron chi connectivity index (χ0n) is 9.65. The number of pyridine rings is 1. The van der Waals surface area contributed by atoms with Gasteiger partial charge in [-0.25, -0.2) is 0 Å². The van der Waals surface area contributed by atoms with Crippen LogP contribution in [0.2, 0.25) is 0 Å². The van der Waals surface area contributed by atoms with E-state index in [9.17, 15) is 10.2 Å². The van der Waals surface area contributed by atoms with Crippen molar-refractivity contribution < 1.29 is 20.1 Å². The van der Waals surface area contributed by atoms with E-state index in [4.69, 9.17) is 9.84 Å². The van der Waals surface area contributed by atoms with E-state index < -0.39 is 24.4 Å². The minimum Gasteiger partial charge on any atom is -0.394 e. The summed E-state index contributed by atoms with van der Waals surface area (Å²) >= 11 is 0. The molecular formula is C12H17NO4. The lowest BCUT2D eigenvalue weighted by Gasteiger charge is -2.14. The van der Waals surface area contributed by atoms with Crippen molar-refractivity contribution in [3.05, 3.63) is 29.6 Å². The molecule has 1 saturated heterocycles. The molecule has 94 valence electrons. The van der Waals surface area contributed by atoms with Gasteiger partial charge in [-0.05, 0) is 18.6 Å². The fourth-order valence-electron chi connectivity index (χ4n) is 2.00. The second kappa shape index (κ2) is 5.10. The summed E-state index contributed by atoms with van der Waals surface area (Å²) < 4.78 is 5.41. The fourth-order valence-corrected chi connectivity index (χ4v) is 2.00. The lowest BCUT2D eigenvalue weighted by atomic mass is 10.1. The van der Waals surface area contributed by atoms with E-state index in [1.54, 1.807) is 6.07 Å². The van der Waals surface area contributed by atoms with Crippen LogP contribution in [-0.2, 0) is 11.2 Å². The highest BCUT2D eigenvalue weighted by Gasteiger charge is 2.43. The van der Waals surface area contributed by atoms with E-state index in [0.717, 1.165) is 12.1 Å². The minimum atomic E-state index is -1.07. The van der Waals surface area contributed by atoms with Gasteiger partial charge in [0.2, 0.25) is 0 Å². The van der Waals surface area contributed by atoms with Crippen molar-refractivity contribution in [1.29, 1.82) is 0 Å². The third-order valence-corrected chi connectivity index (χ3v) is 3.02. The summed E-state index contributed by atoms with van der Waals surface area (Å²) in [4.78, 5) is 4.35. The Kier molecular flexibility index (Phi) is 3.73. The van der Waals surface area contributed by atoms with Gasteiger partial charge in [0.25, 0.3) is 0 Å². The average molecular weight is 239 g/mol. The van der Waals surface area contributed by atoms with Crippen molar-refractivity contribution in [2.45, 2.75) is 37.8 Å². The lowest BCUT2D eigenvalue weighted by molar-refractivity contribution is -0.0239. The first-order valence-corrected chi connectivity index (χ1v) is 5.75. The van der Waals surface area contributed by atoms with Crippen LogP contribution in [0.25, 0.3) is 0 Å². The normalized spacial score (nSPS) is 32.9. The van der Waals surface area contributed by atoms with Crippen LogP contribution in [0.3, 0.4) is 0 Å². The Morgan fingerprint density at radius 1 is 1.29 bits per heavy atom. The quantitative estimate of drug-likeness (QED) is 0.680. The first kappa shape index (κ1) is 12.4. The second-order valence-corrected chi connectivity index (χ2v) is 4.17. The van der Waals surface area contributed by atoms with Crippen LogP contribution in [0.4, 0.5) is 0 Å². The molecule has 2 rings (SSSR count). The van der Waals surface area contributed by atoms with Gasteiger partial charge >= 0.3 is 0 Å². The maximum atomic E-state index is 9.85. The van der Waals surface area contributed by atoms with Crippen LogP contribution in [0.5, 0.6) is 0 Å². The molecule has 1 aromatic rings. The average Bonchev–Trinajstić information content (AvgIpc) is 2.66. The van der Waals surface area contributed by atoms with Gasteiger partial charge in [-0.2, -0.15) is 0 Å². The van der Waals surface area contributed by atoms with E-state index in [0.29, 0.717) is 5.69 Å². The van der Waals surface area contributed by atoms with Crippen molar-refractivity contribution >= 4 is 0 Å². The Morgan fingerprint density at radius 3 is 2.65 bits per heavy atom. The SMILES string of the molecule is CCc1cccc([C@@H]2O[C@H](CO)[C@@H](O)[C@H]2O)n1.